The first-order valence-electron chi connectivity index (χ1n) is 9.88. The van der Waals surface area contributed by atoms with Crippen molar-refractivity contribution in [1.82, 2.24) is 4.90 Å². The van der Waals surface area contributed by atoms with Gasteiger partial charge in [0.05, 0.1) is 6.54 Å². The maximum absolute atomic E-state index is 12.5. The van der Waals surface area contributed by atoms with Crippen LogP contribution in [0, 0.1) is 0 Å². The first-order chi connectivity index (χ1) is 14.0. The highest BCUT2D eigenvalue weighted by molar-refractivity contribution is 5.97. The van der Waals surface area contributed by atoms with Gasteiger partial charge in [-0.1, -0.05) is 19.1 Å². The van der Waals surface area contributed by atoms with Gasteiger partial charge in [-0.3, -0.25) is 14.4 Å². The van der Waals surface area contributed by atoms with Crippen LogP contribution in [0.1, 0.15) is 36.5 Å². The summed E-state index contributed by atoms with van der Waals surface area (Å²) in [7, 11) is 0. The Morgan fingerprint density at radius 1 is 0.862 bits per heavy atom. The minimum Gasteiger partial charge on any atom is -0.376 e. The molecule has 152 valence electrons. The SMILES string of the molecule is CCC(=O)Nc1cccc(NC(=O)CNc2cccc(C(=O)N3CCCC3)c2)c1. The van der Waals surface area contributed by atoms with Crippen molar-refractivity contribution in [3.63, 3.8) is 0 Å². The largest absolute Gasteiger partial charge is 0.376 e. The van der Waals surface area contributed by atoms with Crippen LogP contribution in [0.15, 0.2) is 48.5 Å². The summed E-state index contributed by atoms with van der Waals surface area (Å²) in [5, 5.41) is 8.61. The van der Waals surface area contributed by atoms with Crippen molar-refractivity contribution in [2.24, 2.45) is 0 Å². The number of nitrogens with one attached hydrogen (secondary N) is 3. The molecule has 0 saturated carbocycles. The van der Waals surface area contributed by atoms with Gasteiger partial charge in [0.15, 0.2) is 0 Å². The summed E-state index contributed by atoms with van der Waals surface area (Å²) >= 11 is 0. The average molecular weight is 394 g/mol. The van der Waals surface area contributed by atoms with E-state index in [0.29, 0.717) is 29.0 Å². The van der Waals surface area contributed by atoms with Crippen LogP contribution in [0.25, 0.3) is 0 Å². The van der Waals surface area contributed by atoms with Gasteiger partial charge in [-0.15, -0.1) is 0 Å². The maximum Gasteiger partial charge on any atom is 0.253 e. The van der Waals surface area contributed by atoms with Gasteiger partial charge in [-0.2, -0.15) is 0 Å². The predicted octanol–water partition coefficient (Wildman–Crippen LogP) is 3.32. The van der Waals surface area contributed by atoms with E-state index in [1.807, 2.05) is 17.0 Å². The molecule has 1 saturated heterocycles. The van der Waals surface area contributed by atoms with Gasteiger partial charge < -0.3 is 20.9 Å². The zero-order valence-corrected chi connectivity index (χ0v) is 16.5. The Hall–Kier alpha value is -3.35. The fourth-order valence-electron chi connectivity index (χ4n) is 3.18. The van der Waals surface area contributed by atoms with Gasteiger partial charge in [-0.05, 0) is 49.2 Å². The van der Waals surface area contributed by atoms with Crippen LogP contribution in [-0.4, -0.2) is 42.3 Å². The average Bonchev–Trinajstić information content (AvgIpc) is 3.27. The van der Waals surface area contributed by atoms with Crippen molar-refractivity contribution >= 4 is 34.8 Å². The number of amides is 3. The predicted molar refractivity (Wildman–Crippen MR) is 114 cm³/mol. The lowest BCUT2D eigenvalue weighted by molar-refractivity contribution is -0.116. The van der Waals surface area contributed by atoms with Crippen LogP contribution < -0.4 is 16.0 Å². The molecule has 1 aliphatic heterocycles. The van der Waals surface area contributed by atoms with E-state index >= 15 is 0 Å². The Morgan fingerprint density at radius 3 is 2.17 bits per heavy atom. The molecule has 0 bridgehead atoms. The number of carbonyl (C=O) groups excluding carboxylic acids is 3. The Bertz CT molecular complexity index is 891. The molecule has 3 amide bonds. The standard InChI is InChI=1S/C22H26N4O3/c1-2-20(27)24-18-9-6-10-19(14-18)25-21(28)15-23-17-8-5-7-16(13-17)22(29)26-11-3-4-12-26/h5-10,13-14,23H,2-4,11-12,15H2,1H3,(H,24,27)(H,25,28). The van der Waals surface area contributed by atoms with Gasteiger partial charge >= 0.3 is 0 Å². The molecule has 7 heteroatoms. The Labute approximate surface area is 170 Å². The molecule has 3 N–H and O–H groups in total. The van der Waals surface area contributed by atoms with Gasteiger partial charge in [0.2, 0.25) is 11.8 Å². The fourth-order valence-corrected chi connectivity index (χ4v) is 3.18. The molecule has 1 fully saturated rings. The summed E-state index contributed by atoms with van der Waals surface area (Å²) in [6, 6.07) is 14.2. The lowest BCUT2D eigenvalue weighted by Gasteiger charge is -2.16. The maximum atomic E-state index is 12.5. The van der Waals surface area contributed by atoms with Crippen molar-refractivity contribution in [3.8, 4) is 0 Å². The zero-order valence-electron chi connectivity index (χ0n) is 16.5. The number of nitrogens with zero attached hydrogens (tertiary/aromatic N) is 1. The van der Waals surface area contributed by atoms with E-state index in [0.717, 1.165) is 25.9 Å². The summed E-state index contributed by atoms with van der Waals surface area (Å²) in [5.74, 6) is -0.278. The normalized spacial score (nSPS) is 13.1. The van der Waals surface area contributed by atoms with Crippen LogP contribution in [0.2, 0.25) is 0 Å². The minimum absolute atomic E-state index is 0.0292. The van der Waals surface area contributed by atoms with E-state index in [1.165, 1.54) is 0 Å². The van der Waals surface area contributed by atoms with Crippen LogP contribution >= 0.6 is 0 Å². The summed E-state index contributed by atoms with van der Waals surface area (Å²) in [6.07, 6.45) is 2.49. The number of benzene rings is 2. The highest BCUT2D eigenvalue weighted by Gasteiger charge is 2.19. The van der Waals surface area contributed by atoms with Crippen molar-refractivity contribution in [2.45, 2.75) is 26.2 Å². The molecule has 3 rings (SSSR count). The molecule has 2 aromatic carbocycles. The molecule has 0 atom stereocenters. The van der Waals surface area contributed by atoms with Crippen molar-refractivity contribution in [2.75, 3.05) is 35.6 Å². The monoisotopic (exact) mass is 394 g/mol. The molecule has 1 heterocycles. The lowest BCUT2D eigenvalue weighted by Crippen LogP contribution is -2.27. The van der Waals surface area contributed by atoms with E-state index in [1.54, 1.807) is 43.3 Å². The third kappa shape index (κ3) is 5.81. The number of carbonyl (C=O) groups is 3. The van der Waals surface area contributed by atoms with Crippen molar-refractivity contribution in [1.29, 1.82) is 0 Å². The quantitative estimate of drug-likeness (QED) is 0.672. The Balaban J connectivity index is 1.54. The second-order valence-corrected chi connectivity index (χ2v) is 6.96. The topological polar surface area (TPSA) is 90.5 Å². The van der Waals surface area contributed by atoms with E-state index in [4.69, 9.17) is 0 Å². The first-order valence-corrected chi connectivity index (χ1v) is 9.88. The van der Waals surface area contributed by atoms with Crippen LogP contribution in [0.4, 0.5) is 17.1 Å². The molecule has 1 aliphatic rings. The van der Waals surface area contributed by atoms with Gasteiger partial charge in [0.25, 0.3) is 5.91 Å². The molecular weight excluding hydrogens is 368 g/mol. The number of anilines is 3. The molecule has 0 unspecified atom stereocenters. The Kier molecular flexibility index (Phi) is 6.84. The second kappa shape index (κ2) is 9.73. The lowest BCUT2D eigenvalue weighted by atomic mass is 10.1. The summed E-state index contributed by atoms with van der Waals surface area (Å²) in [6.45, 7) is 3.45. The smallest absolute Gasteiger partial charge is 0.253 e. The minimum atomic E-state index is -0.222. The molecule has 7 nitrogen and oxygen atoms in total. The molecule has 0 spiro atoms. The molecular formula is C22H26N4O3. The van der Waals surface area contributed by atoms with Gasteiger partial charge in [-0.25, -0.2) is 0 Å². The van der Waals surface area contributed by atoms with Crippen LogP contribution in [-0.2, 0) is 9.59 Å². The molecule has 0 radical (unpaired) electrons. The third-order valence-electron chi connectivity index (χ3n) is 4.71. The van der Waals surface area contributed by atoms with E-state index < -0.39 is 0 Å². The highest BCUT2D eigenvalue weighted by atomic mass is 16.2. The summed E-state index contributed by atoms with van der Waals surface area (Å²) in [5.41, 5.74) is 2.57. The summed E-state index contributed by atoms with van der Waals surface area (Å²) < 4.78 is 0. The van der Waals surface area contributed by atoms with E-state index in [9.17, 15) is 14.4 Å². The third-order valence-corrected chi connectivity index (χ3v) is 4.71. The highest BCUT2D eigenvalue weighted by Crippen LogP contribution is 2.17. The van der Waals surface area contributed by atoms with Gasteiger partial charge in [0.1, 0.15) is 0 Å². The first kappa shape index (κ1) is 20.4. The second-order valence-electron chi connectivity index (χ2n) is 6.96. The molecule has 29 heavy (non-hydrogen) atoms. The number of hydrogen-bond acceptors (Lipinski definition) is 4. The molecule has 2 aromatic rings. The van der Waals surface area contributed by atoms with E-state index in [2.05, 4.69) is 16.0 Å². The van der Waals surface area contributed by atoms with Crippen molar-refractivity contribution < 1.29 is 14.4 Å². The number of rotatable bonds is 7. The Morgan fingerprint density at radius 2 is 1.48 bits per heavy atom. The van der Waals surface area contributed by atoms with E-state index in [-0.39, 0.29) is 24.3 Å². The molecule has 0 aromatic heterocycles. The number of likely N-dealkylation sites (tertiary alicyclic amines) is 1. The molecule has 0 aliphatic carbocycles. The fraction of sp³-hybridized carbons (Fsp3) is 0.318. The zero-order chi connectivity index (χ0) is 20.6. The van der Waals surface area contributed by atoms with Crippen molar-refractivity contribution in [3.05, 3.63) is 54.1 Å². The van der Waals surface area contributed by atoms with Crippen LogP contribution in [0.3, 0.4) is 0 Å². The van der Waals surface area contributed by atoms with Crippen LogP contribution in [0.5, 0.6) is 0 Å². The summed E-state index contributed by atoms with van der Waals surface area (Å²) in [4.78, 5) is 38.1. The van der Waals surface area contributed by atoms with Gasteiger partial charge in [0, 0.05) is 42.1 Å². The number of hydrogen-bond donors (Lipinski definition) is 3.